The molecular weight excluding hydrogens is 370 g/mol. The molecule has 1 aromatic heterocycles. The van der Waals surface area contributed by atoms with Crippen LogP contribution in [0.1, 0.15) is 0 Å². The molecule has 0 spiro atoms. The van der Waals surface area contributed by atoms with E-state index >= 15 is 0 Å². The Kier molecular flexibility index (Phi) is 4.87. The molecule has 7 nitrogen and oxygen atoms in total. The lowest BCUT2D eigenvalue weighted by molar-refractivity contribution is -0.147. The zero-order valence-corrected chi connectivity index (χ0v) is 15.8. The summed E-state index contributed by atoms with van der Waals surface area (Å²) in [5.74, 6) is -1.10. The number of carbonyl (C=O) groups is 2. The van der Waals surface area contributed by atoms with Crippen LogP contribution in [0.5, 0.6) is 0 Å². The third-order valence-electron chi connectivity index (χ3n) is 4.77. The Labute approximate surface area is 166 Å². The largest absolute Gasteiger partial charge is 0.454 e. The summed E-state index contributed by atoms with van der Waals surface area (Å²) in [4.78, 5) is 36.8. The Balaban J connectivity index is 1.42. The van der Waals surface area contributed by atoms with Crippen LogP contribution in [0.2, 0.25) is 0 Å². The molecule has 0 bridgehead atoms. The van der Waals surface area contributed by atoms with E-state index in [1.54, 1.807) is 31.3 Å². The van der Waals surface area contributed by atoms with Crippen molar-refractivity contribution >= 4 is 39.4 Å². The van der Waals surface area contributed by atoms with Gasteiger partial charge in [-0.3, -0.25) is 18.7 Å². The second-order valence-electron chi connectivity index (χ2n) is 6.65. The molecular formula is C22H19N3O4. The Hall–Kier alpha value is -3.87. The molecule has 0 aliphatic carbocycles. The van der Waals surface area contributed by atoms with Crippen molar-refractivity contribution in [3.63, 3.8) is 0 Å². The van der Waals surface area contributed by atoms with E-state index in [9.17, 15) is 14.4 Å². The maximum atomic E-state index is 12.4. The number of para-hydroxylation sites is 2. The number of imidazole rings is 1. The molecule has 0 atom stereocenters. The molecule has 1 amide bonds. The molecule has 0 fully saturated rings. The van der Waals surface area contributed by atoms with Gasteiger partial charge in [0.1, 0.15) is 6.54 Å². The lowest BCUT2D eigenvalue weighted by atomic mass is 10.1. The van der Waals surface area contributed by atoms with Crippen molar-refractivity contribution in [2.45, 2.75) is 6.54 Å². The molecule has 0 saturated heterocycles. The number of esters is 1. The topological polar surface area (TPSA) is 82.3 Å². The van der Waals surface area contributed by atoms with E-state index in [1.165, 1.54) is 9.13 Å². The van der Waals surface area contributed by atoms with Crippen LogP contribution in [0.3, 0.4) is 0 Å². The Morgan fingerprint density at radius 3 is 2.45 bits per heavy atom. The number of carbonyl (C=O) groups excluding carboxylic acids is 2. The van der Waals surface area contributed by atoms with Gasteiger partial charge in [-0.15, -0.1) is 0 Å². The summed E-state index contributed by atoms with van der Waals surface area (Å²) in [6, 6.07) is 20.4. The highest BCUT2D eigenvalue weighted by molar-refractivity contribution is 6.02. The number of aromatic nitrogens is 2. The zero-order chi connectivity index (χ0) is 20.4. The minimum atomic E-state index is -0.656. The van der Waals surface area contributed by atoms with E-state index in [0.29, 0.717) is 11.2 Å². The van der Waals surface area contributed by atoms with Gasteiger partial charge >= 0.3 is 11.7 Å². The van der Waals surface area contributed by atoms with Crippen LogP contribution >= 0.6 is 0 Å². The number of nitrogens with one attached hydrogen (secondary N) is 1. The fourth-order valence-corrected chi connectivity index (χ4v) is 3.36. The average molecular weight is 389 g/mol. The number of ether oxygens (including phenoxy) is 1. The summed E-state index contributed by atoms with van der Waals surface area (Å²) in [7, 11) is 1.64. The first-order chi connectivity index (χ1) is 14.0. The van der Waals surface area contributed by atoms with Crippen LogP contribution in [-0.4, -0.2) is 27.6 Å². The van der Waals surface area contributed by atoms with Crippen LogP contribution < -0.4 is 11.0 Å². The number of rotatable bonds is 5. The molecule has 3 aromatic carbocycles. The van der Waals surface area contributed by atoms with Crippen LogP contribution in [0.15, 0.2) is 71.5 Å². The average Bonchev–Trinajstić information content (AvgIpc) is 2.98. The maximum absolute atomic E-state index is 12.4. The number of fused-ring (bicyclic) bond motifs is 2. The zero-order valence-electron chi connectivity index (χ0n) is 15.8. The van der Waals surface area contributed by atoms with E-state index in [4.69, 9.17) is 4.74 Å². The second kappa shape index (κ2) is 7.63. The van der Waals surface area contributed by atoms with Gasteiger partial charge in [0.15, 0.2) is 6.61 Å². The third-order valence-corrected chi connectivity index (χ3v) is 4.77. The lowest BCUT2D eigenvalue weighted by Crippen LogP contribution is -2.28. The van der Waals surface area contributed by atoms with Gasteiger partial charge in [-0.05, 0) is 23.6 Å². The lowest BCUT2D eigenvalue weighted by Gasteiger charge is -2.09. The summed E-state index contributed by atoms with van der Waals surface area (Å²) < 4.78 is 7.89. The van der Waals surface area contributed by atoms with Crippen LogP contribution in [0.25, 0.3) is 21.8 Å². The summed E-state index contributed by atoms with van der Waals surface area (Å²) in [5, 5.41) is 4.66. The van der Waals surface area contributed by atoms with Crippen molar-refractivity contribution in [2.24, 2.45) is 7.05 Å². The normalized spacial score (nSPS) is 10.9. The van der Waals surface area contributed by atoms with Gasteiger partial charge in [-0.25, -0.2) is 4.79 Å². The SMILES string of the molecule is Cn1c(=O)n(CC(=O)OCC(=O)Nc2cccc3ccccc23)c2ccccc21. The van der Waals surface area contributed by atoms with E-state index in [1.807, 2.05) is 42.5 Å². The van der Waals surface area contributed by atoms with E-state index in [2.05, 4.69) is 5.32 Å². The number of anilines is 1. The molecule has 0 radical (unpaired) electrons. The molecule has 4 aromatic rings. The highest BCUT2D eigenvalue weighted by Crippen LogP contribution is 2.22. The first-order valence-electron chi connectivity index (χ1n) is 9.12. The van der Waals surface area contributed by atoms with Gasteiger partial charge in [0.2, 0.25) is 0 Å². The quantitative estimate of drug-likeness (QED) is 0.532. The summed E-state index contributed by atoms with van der Waals surface area (Å²) in [6.45, 7) is -0.691. The van der Waals surface area contributed by atoms with Crippen LogP contribution in [-0.2, 0) is 27.9 Å². The predicted octanol–water partition coefficient (Wildman–Crippen LogP) is 2.68. The second-order valence-corrected chi connectivity index (χ2v) is 6.65. The fourth-order valence-electron chi connectivity index (χ4n) is 3.36. The highest BCUT2D eigenvalue weighted by Gasteiger charge is 2.15. The van der Waals surface area contributed by atoms with E-state index < -0.39 is 18.5 Å². The summed E-state index contributed by atoms with van der Waals surface area (Å²) in [6.07, 6.45) is 0. The highest BCUT2D eigenvalue weighted by atomic mass is 16.5. The van der Waals surface area contributed by atoms with E-state index in [0.717, 1.165) is 16.3 Å². The van der Waals surface area contributed by atoms with Crippen molar-refractivity contribution in [3.05, 3.63) is 77.2 Å². The molecule has 0 aliphatic heterocycles. The van der Waals surface area contributed by atoms with Crippen molar-refractivity contribution in [1.29, 1.82) is 0 Å². The molecule has 1 N–H and O–H groups in total. The Morgan fingerprint density at radius 1 is 0.931 bits per heavy atom. The number of aryl methyl sites for hydroxylation is 1. The maximum Gasteiger partial charge on any atom is 0.329 e. The predicted molar refractivity (Wildman–Crippen MR) is 111 cm³/mol. The first kappa shape index (κ1) is 18.5. The van der Waals surface area contributed by atoms with Crippen molar-refractivity contribution in [1.82, 2.24) is 9.13 Å². The molecule has 1 heterocycles. The molecule has 0 aliphatic rings. The molecule has 0 saturated carbocycles. The van der Waals surface area contributed by atoms with Crippen molar-refractivity contribution < 1.29 is 14.3 Å². The Bertz CT molecular complexity index is 1280. The van der Waals surface area contributed by atoms with Crippen molar-refractivity contribution in [3.8, 4) is 0 Å². The fraction of sp³-hybridized carbons (Fsp3) is 0.136. The standard InChI is InChI=1S/C22H19N3O4/c1-24-18-11-4-5-12-19(18)25(22(24)28)13-21(27)29-14-20(26)23-17-10-6-8-15-7-2-3-9-16(15)17/h2-12H,13-14H2,1H3,(H,23,26). The van der Waals surface area contributed by atoms with Crippen LogP contribution in [0.4, 0.5) is 5.69 Å². The number of nitrogens with zero attached hydrogens (tertiary/aromatic N) is 2. The van der Waals surface area contributed by atoms with Crippen LogP contribution in [0, 0.1) is 0 Å². The number of hydrogen-bond acceptors (Lipinski definition) is 4. The number of amides is 1. The first-order valence-corrected chi connectivity index (χ1v) is 9.12. The van der Waals surface area contributed by atoms with E-state index in [-0.39, 0.29) is 12.2 Å². The summed E-state index contributed by atoms with van der Waals surface area (Å²) >= 11 is 0. The van der Waals surface area contributed by atoms with Crippen molar-refractivity contribution in [2.75, 3.05) is 11.9 Å². The molecule has 7 heteroatoms. The van der Waals surface area contributed by atoms with Gasteiger partial charge < -0.3 is 10.1 Å². The molecule has 29 heavy (non-hydrogen) atoms. The minimum Gasteiger partial charge on any atom is -0.454 e. The molecule has 146 valence electrons. The monoisotopic (exact) mass is 389 g/mol. The van der Waals surface area contributed by atoms with Gasteiger partial charge in [0.05, 0.1) is 11.0 Å². The molecule has 4 rings (SSSR count). The van der Waals surface area contributed by atoms with Gasteiger partial charge in [0, 0.05) is 18.1 Å². The smallest absolute Gasteiger partial charge is 0.329 e. The summed E-state index contributed by atoms with van der Waals surface area (Å²) in [5.41, 5.74) is 1.69. The van der Waals surface area contributed by atoms with Gasteiger partial charge in [-0.1, -0.05) is 48.5 Å². The third kappa shape index (κ3) is 3.62. The number of benzene rings is 3. The number of hydrogen-bond donors (Lipinski definition) is 1. The molecule has 0 unspecified atom stereocenters. The minimum absolute atomic E-state index is 0.262. The van der Waals surface area contributed by atoms with Gasteiger partial charge in [0.25, 0.3) is 5.91 Å². The van der Waals surface area contributed by atoms with Gasteiger partial charge in [-0.2, -0.15) is 0 Å². The Morgan fingerprint density at radius 2 is 1.62 bits per heavy atom.